The van der Waals surface area contributed by atoms with Crippen LogP contribution in [0.15, 0.2) is 54.6 Å². The molecular weight excluding hydrogens is 398 g/mol. The van der Waals surface area contributed by atoms with Gasteiger partial charge in [0.05, 0.1) is 5.56 Å². The Kier molecular flexibility index (Phi) is 7.72. The van der Waals surface area contributed by atoms with Gasteiger partial charge < -0.3 is 20.7 Å². The molecule has 1 heterocycles. The standard InChI is InChI=1S/C27H35N3O2/c28-19-26(29-25-18-24(25)21-7-2-1-3-8-21)22-13-16-30(17-14-22)15-5-4-6-20-9-11-23(12-10-20)27(31)32/h1-3,7-12,19,22,24-26,28-29H,4-6,13-18H2,(H,31,32)/t24-,25+,26?/m0/s1. The second-order valence-electron chi connectivity index (χ2n) is 9.36. The van der Waals surface area contributed by atoms with Crippen LogP contribution < -0.4 is 5.32 Å². The summed E-state index contributed by atoms with van der Waals surface area (Å²) in [6, 6.07) is 18.7. The van der Waals surface area contributed by atoms with Crippen LogP contribution >= 0.6 is 0 Å². The smallest absolute Gasteiger partial charge is 0.335 e. The number of nitrogens with one attached hydrogen (secondary N) is 2. The Labute approximate surface area is 191 Å². The highest BCUT2D eigenvalue weighted by atomic mass is 16.4. The molecule has 4 rings (SSSR count). The number of carbonyl (C=O) groups is 1. The van der Waals surface area contributed by atoms with Gasteiger partial charge in [-0.15, -0.1) is 0 Å². The van der Waals surface area contributed by atoms with Crippen LogP contribution in [0.4, 0.5) is 0 Å². The second-order valence-corrected chi connectivity index (χ2v) is 9.36. The van der Waals surface area contributed by atoms with E-state index in [4.69, 9.17) is 10.5 Å². The molecule has 1 saturated carbocycles. The molecule has 1 unspecified atom stereocenters. The van der Waals surface area contributed by atoms with Crippen molar-refractivity contribution >= 4 is 12.2 Å². The van der Waals surface area contributed by atoms with Crippen molar-refractivity contribution in [2.24, 2.45) is 5.92 Å². The van der Waals surface area contributed by atoms with Crippen molar-refractivity contribution < 1.29 is 9.90 Å². The maximum absolute atomic E-state index is 10.9. The molecular formula is C27H35N3O2. The predicted molar refractivity (Wildman–Crippen MR) is 129 cm³/mol. The van der Waals surface area contributed by atoms with E-state index in [9.17, 15) is 4.79 Å². The zero-order valence-electron chi connectivity index (χ0n) is 18.7. The topological polar surface area (TPSA) is 76.4 Å². The molecule has 0 spiro atoms. The molecule has 1 aliphatic heterocycles. The first-order valence-corrected chi connectivity index (χ1v) is 12.0. The third-order valence-corrected chi connectivity index (χ3v) is 7.14. The lowest BCUT2D eigenvalue weighted by Gasteiger charge is -2.35. The monoisotopic (exact) mass is 433 g/mol. The molecule has 3 atom stereocenters. The lowest BCUT2D eigenvalue weighted by Crippen LogP contribution is -2.45. The predicted octanol–water partition coefficient (Wildman–Crippen LogP) is 4.58. The lowest BCUT2D eigenvalue weighted by atomic mass is 9.89. The molecule has 3 N–H and O–H groups in total. The van der Waals surface area contributed by atoms with E-state index in [2.05, 4.69) is 40.5 Å². The van der Waals surface area contributed by atoms with Crippen molar-refractivity contribution in [3.8, 4) is 0 Å². The quantitative estimate of drug-likeness (QED) is 0.358. The molecule has 32 heavy (non-hydrogen) atoms. The molecule has 0 aromatic heterocycles. The third kappa shape index (κ3) is 6.05. The minimum atomic E-state index is -0.867. The first-order valence-electron chi connectivity index (χ1n) is 12.0. The highest BCUT2D eigenvalue weighted by Gasteiger charge is 2.40. The molecule has 1 aliphatic carbocycles. The summed E-state index contributed by atoms with van der Waals surface area (Å²) in [4.78, 5) is 13.5. The molecule has 2 aromatic rings. The lowest BCUT2D eigenvalue weighted by molar-refractivity contribution is 0.0697. The summed E-state index contributed by atoms with van der Waals surface area (Å²) in [7, 11) is 0. The average molecular weight is 434 g/mol. The van der Waals surface area contributed by atoms with Gasteiger partial charge in [0.15, 0.2) is 0 Å². The van der Waals surface area contributed by atoms with Crippen LogP contribution in [0.1, 0.15) is 59.5 Å². The number of benzene rings is 2. The third-order valence-electron chi connectivity index (χ3n) is 7.14. The fraction of sp³-hybridized carbons (Fsp3) is 0.481. The number of carboxylic acid groups (broad SMARTS) is 1. The van der Waals surface area contributed by atoms with E-state index in [1.54, 1.807) is 18.3 Å². The van der Waals surface area contributed by atoms with Crippen LogP contribution in [0, 0.1) is 11.3 Å². The minimum absolute atomic E-state index is 0.199. The van der Waals surface area contributed by atoms with Crippen LogP contribution in [0.3, 0.4) is 0 Å². The number of unbranched alkanes of at least 4 members (excludes halogenated alkanes) is 1. The average Bonchev–Trinajstić information content (AvgIpc) is 3.61. The molecule has 0 amide bonds. The molecule has 2 aromatic carbocycles. The van der Waals surface area contributed by atoms with Gasteiger partial charge in [-0.05, 0) is 87.3 Å². The molecule has 1 saturated heterocycles. The van der Waals surface area contributed by atoms with Crippen molar-refractivity contribution in [2.75, 3.05) is 19.6 Å². The van der Waals surface area contributed by atoms with Gasteiger partial charge in [0, 0.05) is 24.2 Å². The van der Waals surface area contributed by atoms with Crippen molar-refractivity contribution in [3.63, 3.8) is 0 Å². The first kappa shape index (κ1) is 22.7. The van der Waals surface area contributed by atoms with Gasteiger partial charge in [0.1, 0.15) is 0 Å². The Morgan fingerprint density at radius 1 is 1.09 bits per heavy atom. The number of aryl methyl sites for hydroxylation is 1. The summed E-state index contributed by atoms with van der Waals surface area (Å²) in [5.41, 5.74) is 2.98. The van der Waals surface area contributed by atoms with Gasteiger partial charge in [-0.2, -0.15) is 0 Å². The number of piperidine rings is 1. The van der Waals surface area contributed by atoms with Gasteiger partial charge in [-0.25, -0.2) is 4.79 Å². The number of likely N-dealkylation sites (tertiary alicyclic amines) is 1. The number of rotatable bonds is 11. The normalized spacial score (nSPS) is 22.4. The van der Waals surface area contributed by atoms with Gasteiger partial charge in [-0.3, -0.25) is 0 Å². The number of hydrogen-bond acceptors (Lipinski definition) is 4. The van der Waals surface area contributed by atoms with Crippen molar-refractivity contribution in [1.82, 2.24) is 10.2 Å². The Morgan fingerprint density at radius 2 is 1.81 bits per heavy atom. The van der Waals surface area contributed by atoms with Crippen molar-refractivity contribution in [1.29, 1.82) is 5.41 Å². The van der Waals surface area contributed by atoms with Crippen molar-refractivity contribution in [2.45, 2.75) is 56.5 Å². The van der Waals surface area contributed by atoms with Crippen LogP contribution in [-0.2, 0) is 6.42 Å². The largest absolute Gasteiger partial charge is 0.478 e. The summed E-state index contributed by atoms with van der Waals surface area (Å²) in [6.45, 7) is 3.37. The number of nitrogens with zero attached hydrogens (tertiary/aromatic N) is 1. The van der Waals surface area contributed by atoms with E-state index in [-0.39, 0.29) is 6.04 Å². The minimum Gasteiger partial charge on any atom is -0.478 e. The van der Waals surface area contributed by atoms with Gasteiger partial charge in [0.25, 0.3) is 0 Å². The van der Waals surface area contributed by atoms with E-state index >= 15 is 0 Å². The fourth-order valence-electron chi connectivity index (χ4n) is 5.03. The molecule has 2 aliphatic rings. The number of aromatic carboxylic acids is 1. The first-order chi connectivity index (χ1) is 15.6. The van der Waals surface area contributed by atoms with E-state index in [0.29, 0.717) is 23.4 Å². The fourth-order valence-corrected chi connectivity index (χ4v) is 5.03. The summed E-state index contributed by atoms with van der Waals surface area (Å²) < 4.78 is 0. The maximum atomic E-state index is 10.9. The van der Waals surface area contributed by atoms with Crippen LogP contribution in [0.5, 0.6) is 0 Å². The van der Waals surface area contributed by atoms with Gasteiger partial charge >= 0.3 is 5.97 Å². The zero-order valence-corrected chi connectivity index (χ0v) is 18.7. The van der Waals surface area contributed by atoms with E-state index < -0.39 is 5.97 Å². The Hall–Kier alpha value is -2.50. The SMILES string of the molecule is N=CC(N[C@@H]1C[C@H]1c1ccccc1)C1CCN(CCCCc2ccc(C(=O)O)cc2)CC1. The van der Waals surface area contributed by atoms with Crippen molar-refractivity contribution in [3.05, 3.63) is 71.3 Å². The molecule has 2 fully saturated rings. The summed E-state index contributed by atoms with van der Waals surface area (Å²) >= 11 is 0. The zero-order chi connectivity index (χ0) is 22.3. The molecule has 0 bridgehead atoms. The Morgan fingerprint density at radius 3 is 2.47 bits per heavy atom. The number of carboxylic acids is 1. The number of hydrogen-bond donors (Lipinski definition) is 3. The Bertz CT molecular complexity index is 876. The van der Waals surface area contributed by atoms with E-state index in [1.165, 1.54) is 24.0 Å². The molecule has 170 valence electrons. The summed E-state index contributed by atoms with van der Waals surface area (Å²) in [5.74, 6) is 0.307. The molecule has 5 heteroatoms. The highest BCUT2D eigenvalue weighted by Crippen LogP contribution is 2.41. The van der Waals surface area contributed by atoms with E-state index in [0.717, 1.165) is 45.3 Å². The van der Waals surface area contributed by atoms with E-state index in [1.807, 2.05) is 12.1 Å². The second kappa shape index (κ2) is 10.9. The van der Waals surface area contributed by atoms with Crippen LogP contribution in [0.2, 0.25) is 0 Å². The highest BCUT2D eigenvalue weighted by molar-refractivity contribution is 5.87. The van der Waals surface area contributed by atoms with Crippen LogP contribution in [0.25, 0.3) is 0 Å². The molecule has 0 radical (unpaired) electrons. The van der Waals surface area contributed by atoms with Gasteiger partial charge in [0.2, 0.25) is 0 Å². The van der Waals surface area contributed by atoms with Crippen LogP contribution in [-0.4, -0.2) is 53.9 Å². The molecule has 5 nitrogen and oxygen atoms in total. The van der Waals surface area contributed by atoms with Gasteiger partial charge in [-0.1, -0.05) is 42.5 Å². The maximum Gasteiger partial charge on any atom is 0.335 e. The Balaban J connectivity index is 1.13. The summed E-state index contributed by atoms with van der Waals surface area (Å²) in [6.07, 6.45) is 8.43. The summed E-state index contributed by atoms with van der Waals surface area (Å²) in [5, 5.41) is 20.7.